The van der Waals surface area contributed by atoms with Crippen LogP contribution in [0, 0.1) is 0 Å². The van der Waals surface area contributed by atoms with Crippen molar-refractivity contribution in [3.05, 3.63) is 18.2 Å². The number of carbonyl (C=O) groups is 1. The van der Waals surface area contributed by atoms with Gasteiger partial charge >= 0.3 is 0 Å². The van der Waals surface area contributed by atoms with Crippen LogP contribution in [0.3, 0.4) is 0 Å². The lowest BCUT2D eigenvalue weighted by molar-refractivity contribution is -0.903. The maximum atomic E-state index is 12.9. The van der Waals surface area contributed by atoms with E-state index in [1.165, 1.54) is 9.21 Å². The van der Waals surface area contributed by atoms with Crippen molar-refractivity contribution in [1.82, 2.24) is 4.31 Å². The molecule has 8 heteroatoms. The number of fused-ring (bicyclic) bond motifs is 1. The number of carbonyl (C=O) groups excluding carboxylic acids is 1. The Kier molecular flexibility index (Phi) is 5.61. The molecule has 2 aliphatic heterocycles. The zero-order valence-electron chi connectivity index (χ0n) is 14.5. The molecule has 0 spiro atoms. The van der Waals surface area contributed by atoms with E-state index in [0.717, 1.165) is 26.1 Å². The molecule has 7 nitrogen and oxygen atoms in total. The van der Waals surface area contributed by atoms with E-state index in [-0.39, 0.29) is 10.7 Å². The predicted molar refractivity (Wildman–Crippen MR) is 91.7 cm³/mol. The third-order valence-electron chi connectivity index (χ3n) is 4.62. The zero-order valence-corrected chi connectivity index (χ0v) is 15.3. The third kappa shape index (κ3) is 4.31. The molecular formula is C17H25N2O5S+. The number of hydrogen-bond acceptors (Lipinski definition) is 5. The van der Waals surface area contributed by atoms with Crippen molar-refractivity contribution < 1.29 is 27.6 Å². The van der Waals surface area contributed by atoms with Crippen molar-refractivity contribution in [2.45, 2.75) is 24.7 Å². The molecule has 25 heavy (non-hydrogen) atoms. The number of hydrogen-bond donors (Lipinski definition) is 1. The highest BCUT2D eigenvalue weighted by Gasteiger charge is 2.31. The van der Waals surface area contributed by atoms with Crippen molar-refractivity contribution in [2.24, 2.45) is 0 Å². The lowest BCUT2D eigenvalue weighted by Crippen LogP contribution is -3.14. The third-order valence-corrected chi connectivity index (χ3v) is 6.51. The SMILES string of the molecule is CC(=O)CC[NH+]1CCN(S(=O)(=O)c2ccc3c(c2)OCCCO3)CC1. The van der Waals surface area contributed by atoms with E-state index in [1.807, 2.05) is 0 Å². The Morgan fingerprint density at radius 2 is 1.84 bits per heavy atom. The number of quaternary nitrogens is 1. The van der Waals surface area contributed by atoms with Crippen molar-refractivity contribution in [1.29, 1.82) is 0 Å². The van der Waals surface area contributed by atoms with E-state index in [0.29, 0.717) is 44.2 Å². The van der Waals surface area contributed by atoms with Crippen molar-refractivity contribution in [2.75, 3.05) is 45.9 Å². The van der Waals surface area contributed by atoms with Crippen LogP contribution < -0.4 is 14.4 Å². The monoisotopic (exact) mass is 369 g/mol. The normalized spacial score (nSPS) is 19.4. The summed E-state index contributed by atoms with van der Waals surface area (Å²) in [6.45, 7) is 5.82. The van der Waals surface area contributed by atoms with Crippen LogP contribution in [-0.4, -0.2) is 64.4 Å². The second-order valence-corrected chi connectivity index (χ2v) is 8.45. The molecule has 2 aliphatic rings. The first-order valence-corrected chi connectivity index (χ1v) is 10.1. The minimum absolute atomic E-state index is 0.176. The second-order valence-electron chi connectivity index (χ2n) is 6.52. The van der Waals surface area contributed by atoms with Gasteiger partial charge in [0.15, 0.2) is 11.5 Å². The quantitative estimate of drug-likeness (QED) is 0.772. The van der Waals surface area contributed by atoms with Gasteiger partial charge in [0.05, 0.1) is 57.3 Å². The Morgan fingerprint density at radius 1 is 1.16 bits per heavy atom. The molecule has 1 saturated heterocycles. The van der Waals surface area contributed by atoms with Gasteiger partial charge in [-0.25, -0.2) is 8.42 Å². The number of Topliss-reactive ketones (excluding diaryl/α,β-unsaturated/α-hetero) is 1. The number of ether oxygens (including phenoxy) is 2. The van der Waals surface area contributed by atoms with Gasteiger partial charge in [0.25, 0.3) is 0 Å². The van der Waals surface area contributed by atoms with Crippen LogP contribution in [0.15, 0.2) is 23.1 Å². The van der Waals surface area contributed by atoms with Gasteiger partial charge in [-0.2, -0.15) is 4.31 Å². The molecule has 0 amide bonds. The van der Waals surface area contributed by atoms with Crippen LogP contribution in [-0.2, 0) is 14.8 Å². The molecule has 0 atom stereocenters. The van der Waals surface area contributed by atoms with E-state index in [2.05, 4.69) is 0 Å². The minimum Gasteiger partial charge on any atom is -0.490 e. The number of ketones is 1. The van der Waals surface area contributed by atoms with Gasteiger partial charge in [0.1, 0.15) is 5.78 Å². The predicted octanol–water partition coefficient (Wildman–Crippen LogP) is -0.284. The molecule has 1 fully saturated rings. The Bertz CT molecular complexity index is 727. The van der Waals surface area contributed by atoms with Crippen LogP contribution in [0.2, 0.25) is 0 Å². The summed E-state index contributed by atoms with van der Waals surface area (Å²) in [6, 6.07) is 4.81. The first kappa shape index (κ1) is 18.2. The maximum absolute atomic E-state index is 12.9. The van der Waals surface area contributed by atoms with E-state index < -0.39 is 10.0 Å². The summed E-state index contributed by atoms with van der Waals surface area (Å²) in [5.74, 6) is 1.26. The Labute approximate surface area is 148 Å². The summed E-state index contributed by atoms with van der Waals surface area (Å²) >= 11 is 0. The average molecular weight is 369 g/mol. The lowest BCUT2D eigenvalue weighted by atomic mass is 10.2. The smallest absolute Gasteiger partial charge is 0.243 e. The van der Waals surface area contributed by atoms with Crippen LogP contribution in [0.25, 0.3) is 0 Å². The first-order chi connectivity index (χ1) is 12.0. The molecule has 2 heterocycles. The van der Waals surface area contributed by atoms with Crippen LogP contribution in [0.4, 0.5) is 0 Å². The molecule has 0 radical (unpaired) electrons. The van der Waals surface area contributed by atoms with E-state index in [1.54, 1.807) is 25.1 Å². The summed E-state index contributed by atoms with van der Waals surface area (Å²) in [4.78, 5) is 12.6. The van der Waals surface area contributed by atoms with Crippen molar-refractivity contribution >= 4 is 15.8 Å². The number of nitrogens with one attached hydrogen (secondary N) is 1. The molecule has 0 unspecified atom stereocenters. The summed E-state index contributed by atoms with van der Waals surface area (Å²) in [6.07, 6.45) is 1.33. The largest absolute Gasteiger partial charge is 0.490 e. The van der Waals surface area contributed by atoms with Gasteiger partial charge in [-0.05, 0) is 19.1 Å². The zero-order chi connectivity index (χ0) is 17.9. The standard InChI is InChI=1S/C17H24N2O5S/c1-14(20)5-6-18-7-9-19(10-8-18)25(21,22)15-3-4-16-17(13-15)24-12-2-11-23-16/h3-4,13H,2,5-12H2,1H3/p+1. The summed E-state index contributed by atoms with van der Waals surface area (Å²) in [5, 5.41) is 0. The fourth-order valence-electron chi connectivity index (χ4n) is 3.10. The van der Waals surface area contributed by atoms with Gasteiger partial charge < -0.3 is 14.4 Å². The molecule has 1 aromatic carbocycles. The molecular weight excluding hydrogens is 344 g/mol. The molecule has 1 N–H and O–H groups in total. The van der Waals surface area contributed by atoms with Crippen LogP contribution >= 0.6 is 0 Å². The Balaban J connectivity index is 1.68. The fourth-order valence-corrected chi connectivity index (χ4v) is 4.56. The first-order valence-electron chi connectivity index (χ1n) is 8.69. The Hall–Kier alpha value is -1.64. The van der Waals surface area contributed by atoms with E-state index in [4.69, 9.17) is 9.47 Å². The summed E-state index contributed by atoms with van der Waals surface area (Å²) in [5.41, 5.74) is 0. The molecule has 3 rings (SSSR count). The number of rotatable bonds is 5. The second kappa shape index (κ2) is 7.72. The highest BCUT2D eigenvalue weighted by atomic mass is 32.2. The number of piperazine rings is 1. The maximum Gasteiger partial charge on any atom is 0.243 e. The van der Waals surface area contributed by atoms with E-state index >= 15 is 0 Å². The van der Waals surface area contributed by atoms with E-state index in [9.17, 15) is 13.2 Å². The highest BCUT2D eigenvalue weighted by Crippen LogP contribution is 2.32. The van der Waals surface area contributed by atoms with Gasteiger partial charge in [-0.15, -0.1) is 0 Å². The fraction of sp³-hybridized carbons (Fsp3) is 0.588. The van der Waals surface area contributed by atoms with Crippen molar-refractivity contribution in [3.63, 3.8) is 0 Å². The van der Waals surface area contributed by atoms with Gasteiger partial charge in [-0.3, -0.25) is 4.79 Å². The van der Waals surface area contributed by atoms with Gasteiger partial charge in [0, 0.05) is 12.5 Å². The van der Waals surface area contributed by atoms with Crippen LogP contribution in [0.1, 0.15) is 19.8 Å². The topological polar surface area (TPSA) is 77.4 Å². The van der Waals surface area contributed by atoms with Crippen molar-refractivity contribution in [3.8, 4) is 11.5 Å². The Morgan fingerprint density at radius 3 is 2.52 bits per heavy atom. The molecule has 138 valence electrons. The summed E-state index contributed by atoms with van der Waals surface area (Å²) in [7, 11) is -3.54. The van der Waals surface area contributed by atoms with Gasteiger partial charge in [0.2, 0.25) is 10.0 Å². The molecule has 0 bridgehead atoms. The average Bonchev–Trinajstić information content (AvgIpc) is 2.85. The summed E-state index contributed by atoms with van der Waals surface area (Å²) < 4.78 is 38.5. The number of benzene rings is 1. The van der Waals surface area contributed by atoms with Gasteiger partial charge in [-0.1, -0.05) is 0 Å². The molecule has 1 aromatic rings. The molecule has 0 aromatic heterocycles. The number of sulfonamides is 1. The molecule has 0 saturated carbocycles. The molecule has 0 aliphatic carbocycles. The minimum atomic E-state index is -3.54. The number of nitrogens with zero attached hydrogens (tertiary/aromatic N) is 1. The van der Waals surface area contributed by atoms with Crippen LogP contribution in [0.5, 0.6) is 11.5 Å². The lowest BCUT2D eigenvalue weighted by Gasteiger charge is -2.31. The highest BCUT2D eigenvalue weighted by molar-refractivity contribution is 7.89.